The monoisotopic (exact) mass is 354 g/mol. The number of nitrogens with one attached hydrogen (secondary N) is 1. The van der Waals surface area contributed by atoms with E-state index in [9.17, 15) is 9.36 Å². The molecule has 1 aliphatic rings. The Morgan fingerprint density at radius 2 is 1.88 bits per heavy atom. The van der Waals surface area contributed by atoms with Crippen molar-refractivity contribution >= 4 is 24.2 Å². The fourth-order valence-corrected chi connectivity index (χ4v) is 5.36. The summed E-state index contributed by atoms with van der Waals surface area (Å²) in [5, 5.41) is 3.49. The van der Waals surface area contributed by atoms with Crippen LogP contribution in [0.4, 0.5) is 10.5 Å². The maximum atomic E-state index is 13.2. The first kappa shape index (κ1) is 18.8. The van der Waals surface area contributed by atoms with Crippen molar-refractivity contribution in [2.75, 3.05) is 44.9 Å². The Labute approximate surface area is 143 Å². The zero-order chi connectivity index (χ0) is 18.0. The number of hydrogen-bond donors (Lipinski definition) is 1. The predicted molar refractivity (Wildman–Crippen MR) is 97.3 cm³/mol. The average Bonchev–Trinajstić information content (AvgIpc) is 2.49. The van der Waals surface area contributed by atoms with Crippen molar-refractivity contribution in [1.82, 2.24) is 4.90 Å². The normalized spacial score (nSPS) is 18.0. The molecule has 1 fully saturated rings. The number of rotatable bonds is 3. The minimum Gasteiger partial charge on any atom is -0.495 e. The first-order valence-electron chi connectivity index (χ1n) is 8.08. The molecule has 1 aliphatic heterocycles. The van der Waals surface area contributed by atoms with Gasteiger partial charge >= 0.3 is 6.09 Å². The van der Waals surface area contributed by atoms with E-state index in [2.05, 4.69) is 10.2 Å². The number of carbonyl (C=O) groups excluding carboxylic acids is 1. The van der Waals surface area contributed by atoms with Crippen molar-refractivity contribution in [3.05, 3.63) is 18.2 Å². The van der Waals surface area contributed by atoms with Gasteiger partial charge in [0.1, 0.15) is 18.5 Å². The fourth-order valence-electron chi connectivity index (χ4n) is 2.60. The standard InChI is InChI=1S/C17H27N2O4P/c1-17(2,3)23-16(20)18-14-7-6-13(12-15(14)22-5)24(21)10-8-19(4)9-11-24/h6-7,12H,8-11H2,1-5H3,(H,18,20). The second-order valence-corrected chi connectivity index (χ2v) is 10.3. The highest BCUT2D eigenvalue weighted by Gasteiger charge is 2.30. The highest BCUT2D eigenvalue weighted by molar-refractivity contribution is 7.71. The van der Waals surface area contributed by atoms with Gasteiger partial charge in [0.05, 0.1) is 12.8 Å². The van der Waals surface area contributed by atoms with Gasteiger partial charge in [0.25, 0.3) is 0 Å². The van der Waals surface area contributed by atoms with Crippen LogP contribution in [0.5, 0.6) is 5.75 Å². The molecule has 1 N–H and O–H groups in total. The molecular formula is C17H27N2O4P. The minimum absolute atomic E-state index is 0.493. The number of anilines is 1. The third-order valence-electron chi connectivity index (χ3n) is 3.98. The van der Waals surface area contributed by atoms with E-state index in [4.69, 9.17) is 9.47 Å². The molecular weight excluding hydrogens is 327 g/mol. The zero-order valence-corrected chi connectivity index (χ0v) is 16.0. The molecule has 0 unspecified atom stereocenters. The number of ether oxygens (including phenoxy) is 2. The van der Waals surface area contributed by atoms with Gasteiger partial charge in [-0.1, -0.05) is 0 Å². The molecule has 0 aromatic heterocycles. The van der Waals surface area contributed by atoms with Crippen molar-refractivity contribution < 1.29 is 18.8 Å². The first-order chi connectivity index (χ1) is 11.1. The molecule has 0 radical (unpaired) electrons. The molecule has 1 saturated heterocycles. The van der Waals surface area contributed by atoms with Crippen LogP contribution in [0.1, 0.15) is 20.8 Å². The third-order valence-corrected chi connectivity index (χ3v) is 7.04. The van der Waals surface area contributed by atoms with Crippen molar-refractivity contribution in [1.29, 1.82) is 0 Å². The zero-order valence-electron chi connectivity index (χ0n) is 15.1. The molecule has 0 aliphatic carbocycles. The Morgan fingerprint density at radius 3 is 2.42 bits per heavy atom. The summed E-state index contributed by atoms with van der Waals surface area (Å²) in [5.41, 5.74) is -0.0630. The van der Waals surface area contributed by atoms with E-state index in [1.807, 2.05) is 13.1 Å². The number of hydrogen-bond acceptors (Lipinski definition) is 5. The summed E-state index contributed by atoms with van der Waals surface area (Å²) >= 11 is 0. The van der Waals surface area contributed by atoms with Crippen molar-refractivity contribution in [2.45, 2.75) is 26.4 Å². The SMILES string of the molecule is COc1cc(P2(=O)CCN(C)CC2)ccc1NC(=O)OC(C)(C)C. The summed E-state index contributed by atoms with van der Waals surface area (Å²) in [7, 11) is 1.17. The van der Waals surface area contributed by atoms with E-state index >= 15 is 0 Å². The van der Waals surface area contributed by atoms with Crippen LogP contribution in [-0.2, 0) is 9.30 Å². The summed E-state index contributed by atoms with van der Waals surface area (Å²) < 4.78 is 23.8. The van der Waals surface area contributed by atoms with Gasteiger partial charge in [-0.2, -0.15) is 0 Å². The summed E-state index contributed by atoms with van der Waals surface area (Å²) in [6.07, 6.45) is 0.802. The average molecular weight is 354 g/mol. The number of methoxy groups -OCH3 is 1. The van der Waals surface area contributed by atoms with Gasteiger partial charge in [0.2, 0.25) is 0 Å². The van der Waals surface area contributed by atoms with E-state index < -0.39 is 18.8 Å². The highest BCUT2D eigenvalue weighted by atomic mass is 31.2. The van der Waals surface area contributed by atoms with Gasteiger partial charge in [-0.25, -0.2) is 4.79 Å². The van der Waals surface area contributed by atoms with Crippen LogP contribution in [0, 0.1) is 0 Å². The number of amides is 1. The molecule has 6 nitrogen and oxygen atoms in total. The van der Waals surface area contributed by atoms with Gasteiger partial charge in [-0.05, 0) is 46.0 Å². The lowest BCUT2D eigenvalue weighted by atomic mass is 10.2. The maximum absolute atomic E-state index is 13.2. The third kappa shape index (κ3) is 4.74. The molecule has 1 aromatic carbocycles. The molecule has 1 amide bonds. The molecule has 1 heterocycles. The van der Waals surface area contributed by atoms with E-state index in [1.165, 1.54) is 7.11 Å². The van der Waals surface area contributed by atoms with Crippen molar-refractivity contribution in [3.63, 3.8) is 0 Å². The highest BCUT2D eigenvalue weighted by Crippen LogP contribution is 2.47. The van der Waals surface area contributed by atoms with Crippen LogP contribution >= 0.6 is 7.14 Å². The lowest BCUT2D eigenvalue weighted by Crippen LogP contribution is -2.34. The second kappa shape index (κ2) is 7.16. The lowest BCUT2D eigenvalue weighted by Gasteiger charge is -2.30. The van der Waals surface area contributed by atoms with Crippen LogP contribution in [-0.4, -0.2) is 56.2 Å². The van der Waals surface area contributed by atoms with Crippen molar-refractivity contribution in [3.8, 4) is 5.75 Å². The first-order valence-corrected chi connectivity index (χ1v) is 10.2. The maximum Gasteiger partial charge on any atom is 0.412 e. The van der Waals surface area contributed by atoms with Gasteiger partial charge in [0, 0.05) is 30.7 Å². The van der Waals surface area contributed by atoms with Crippen LogP contribution < -0.4 is 15.4 Å². The largest absolute Gasteiger partial charge is 0.495 e. The minimum atomic E-state index is -2.40. The van der Waals surface area contributed by atoms with E-state index in [0.29, 0.717) is 23.8 Å². The summed E-state index contributed by atoms with van der Waals surface area (Å²) in [4.78, 5) is 14.1. The van der Waals surface area contributed by atoms with Gasteiger partial charge in [0.15, 0.2) is 0 Å². The molecule has 0 bridgehead atoms. The van der Waals surface area contributed by atoms with Gasteiger partial charge < -0.3 is 18.9 Å². The fraction of sp³-hybridized carbons (Fsp3) is 0.588. The Bertz CT molecular complexity index is 642. The lowest BCUT2D eigenvalue weighted by molar-refractivity contribution is 0.0635. The van der Waals surface area contributed by atoms with Gasteiger partial charge in [-0.3, -0.25) is 5.32 Å². The molecule has 1 aromatic rings. The van der Waals surface area contributed by atoms with Gasteiger partial charge in [-0.15, -0.1) is 0 Å². The Hall–Kier alpha value is -1.52. The molecule has 0 saturated carbocycles. The van der Waals surface area contributed by atoms with Crippen molar-refractivity contribution in [2.24, 2.45) is 0 Å². The Balaban J connectivity index is 2.19. The molecule has 134 valence electrons. The number of carbonyl (C=O) groups is 1. The predicted octanol–water partition coefficient (Wildman–Crippen LogP) is 2.98. The number of benzene rings is 1. The topological polar surface area (TPSA) is 67.9 Å². The Kier molecular flexibility index (Phi) is 5.61. The Morgan fingerprint density at radius 1 is 1.25 bits per heavy atom. The molecule has 7 heteroatoms. The van der Waals surface area contributed by atoms with E-state index in [-0.39, 0.29) is 0 Å². The molecule has 24 heavy (non-hydrogen) atoms. The summed E-state index contributed by atoms with van der Waals surface area (Å²) in [5.74, 6) is 0.493. The van der Waals surface area contributed by atoms with Crippen LogP contribution in [0.3, 0.4) is 0 Å². The second-order valence-electron chi connectivity index (χ2n) is 7.15. The van der Waals surface area contributed by atoms with E-state index in [0.717, 1.165) is 18.4 Å². The van der Waals surface area contributed by atoms with E-state index in [1.54, 1.807) is 32.9 Å². The van der Waals surface area contributed by atoms with Crippen LogP contribution in [0.25, 0.3) is 0 Å². The molecule has 0 spiro atoms. The molecule has 2 rings (SSSR count). The van der Waals surface area contributed by atoms with Crippen LogP contribution in [0.15, 0.2) is 18.2 Å². The summed E-state index contributed by atoms with van der Waals surface area (Å²) in [6, 6.07) is 5.33. The quantitative estimate of drug-likeness (QED) is 0.845. The number of nitrogens with zero attached hydrogens (tertiary/aromatic N) is 1. The summed E-state index contributed by atoms with van der Waals surface area (Å²) in [6.45, 7) is 7.07. The smallest absolute Gasteiger partial charge is 0.412 e. The molecule has 0 atom stereocenters. The van der Waals surface area contributed by atoms with Crippen LogP contribution in [0.2, 0.25) is 0 Å².